The summed E-state index contributed by atoms with van der Waals surface area (Å²) in [6, 6.07) is 7.06. The molecule has 0 saturated carbocycles. The highest BCUT2D eigenvalue weighted by atomic mass is 32.2. The van der Waals surface area contributed by atoms with Gasteiger partial charge in [0.15, 0.2) is 9.84 Å². The third-order valence-corrected chi connectivity index (χ3v) is 6.94. The molecule has 8 nitrogen and oxygen atoms in total. The number of nitrogens with one attached hydrogen (secondary N) is 1. The van der Waals surface area contributed by atoms with Crippen LogP contribution in [0.1, 0.15) is 25.7 Å². The number of rotatable bonds is 8. The van der Waals surface area contributed by atoms with Crippen molar-refractivity contribution in [3.05, 3.63) is 30.5 Å². The molecule has 30 heavy (non-hydrogen) atoms. The number of nitrogens with zero attached hydrogens (tertiary/aromatic N) is 2. The molecule has 0 radical (unpaired) electrons. The van der Waals surface area contributed by atoms with Crippen molar-refractivity contribution >= 4 is 32.6 Å². The van der Waals surface area contributed by atoms with Gasteiger partial charge in [0, 0.05) is 43.8 Å². The zero-order chi connectivity index (χ0) is 21.6. The van der Waals surface area contributed by atoms with E-state index in [1.807, 2.05) is 11.0 Å². The lowest BCUT2D eigenvalue weighted by atomic mass is 10.2. The van der Waals surface area contributed by atoms with Gasteiger partial charge in [-0.15, -0.1) is 0 Å². The number of hydrogen-bond donors (Lipinski definition) is 1. The Bertz CT molecular complexity index is 991. The number of carbonyl (C=O) groups excluding carboxylic acids is 2. The normalized spacial score (nSPS) is 15.2. The third-order valence-electron chi connectivity index (χ3n) is 5.30. The fourth-order valence-electron chi connectivity index (χ4n) is 3.75. The topological polar surface area (TPSA) is 97.7 Å². The van der Waals surface area contributed by atoms with Gasteiger partial charge in [0.1, 0.15) is 12.3 Å². The smallest absolute Gasteiger partial charge is 0.242 e. The van der Waals surface area contributed by atoms with E-state index in [9.17, 15) is 18.0 Å². The zero-order valence-corrected chi connectivity index (χ0v) is 18.1. The summed E-state index contributed by atoms with van der Waals surface area (Å²) in [5, 5.41) is 3.05. The molecular weight excluding hydrogens is 406 g/mol. The molecule has 1 aromatic carbocycles. The van der Waals surface area contributed by atoms with Gasteiger partial charge in [-0.3, -0.25) is 9.59 Å². The van der Waals surface area contributed by atoms with E-state index in [-0.39, 0.29) is 23.9 Å². The molecular formula is C21H29N3O5S. The number of carbonyl (C=O) groups is 2. The van der Waals surface area contributed by atoms with Gasteiger partial charge in [-0.2, -0.15) is 0 Å². The van der Waals surface area contributed by atoms with Gasteiger partial charge in [0.2, 0.25) is 11.8 Å². The highest BCUT2D eigenvalue weighted by Crippen LogP contribution is 2.26. The number of ether oxygens (including phenoxy) is 1. The summed E-state index contributed by atoms with van der Waals surface area (Å²) in [5.74, 6) is -1.24. The molecule has 0 aliphatic carbocycles. The van der Waals surface area contributed by atoms with Crippen molar-refractivity contribution in [2.24, 2.45) is 0 Å². The maximum atomic E-state index is 12.9. The van der Waals surface area contributed by atoms with Crippen LogP contribution in [-0.2, 0) is 30.7 Å². The predicted octanol–water partition coefficient (Wildman–Crippen LogP) is 1.58. The van der Waals surface area contributed by atoms with Crippen LogP contribution in [0.5, 0.6) is 0 Å². The zero-order valence-electron chi connectivity index (χ0n) is 17.3. The van der Waals surface area contributed by atoms with E-state index in [1.165, 1.54) is 13.3 Å². The lowest BCUT2D eigenvalue weighted by molar-refractivity contribution is -0.131. The molecule has 2 aromatic rings. The number of aromatic nitrogens is 1. The first-order valence-electron chi connectivity index (χ1n) is 10.3. The second kappa shape index (κ2) is 10.1. The summed E-state index contributed by atoms with van der Waals surface area (Å²) in [6.07, 6.45) is 5.74. The van der Waals surface area contributed by atoms with Crippen molar-refractivity contribution in [3.8, 4) is 0 Å². The summed E-state index contributed by atoms with van der Waals surface area (Å²) >= 11 is 0. The number of hydrogen-bond acceptors (Lipinski definition) is 5. The summed E-state index contributed by atoms with van der Waals surface area (Å²) in [4.78, 5) is 26.8. The Balaban J connectivity index is 1.82. The molecule has 0 unspecified atom stereocenters. The first kappa shape index (κ1) is 22.3. The van der Waals surface area contributed by atoms with Gasteiger partial charge in [0.05, 0.1) is 11.5 Å². The fourth-order valence-corrected chi connectivity index (χ4v) is 5.15. The van der Waals surface area contributed by atoms with Gasteiger partial charge < -0.3 is 19.5 Å². The molecule has 1 fully saturated rings. The average molecular weight is 436 g/mol. The van der Waals surface area contributed by atoms with E-state index >= 15 is 0 Å². The van der Waals surface area contributed by atoms with Gasteiger partial charge in [-0.05, 0) is 18.9 Å². The molecule has 0 bridgehead atoms. The second-order valence-electron chi connectivity index (χ2n) is 7.54. The second-order valence-corrected chi connectivity index (χ2v) is 9.49. The fraction of sp³-hybridized carbons (Fsp3) is 0.524. The number of para-hydroxylation sites is 1. The molecule has 3 rings (SSSR count). The van der Waals surface area contributed by atoms with Crippen LogP contribution in [0.2, 0.25) is 0 Å². The molecule has 9 heteroatoms. The quantitative estimate of drug-likeness (QED) is 0.635. The minimum absolute atomic E-state index is 0.0149. The Labute approximate surface area is 177 Å². The van der Waals surface area contributed by atoms with Gasteiger partial charge in [-0.1, -0.05) is 31.0 Å². The number of methoxy groups -OCH3 is 1. The van der Waals surface area contributed by atoms with Crippen LogP contribution < -0.4 is 5.32 Å². The standard InChI is InChI=1S/C21H29N3O5S/c1-29-13-10-22-20(25)16-30(27,28)19-14-24(18-9-5-4-8-17(18)19)15-21(26)23-11-6-2-3-7-12-23/h4-5,8-9,14H,2-3,6-7,10-13,15-16H2,1H3,(H,22,25). The van der Waals surface area contributed by atoms with Crippen molar-refractivity contribution in [3.63, 3.8) is 0 Å². The summed E-state index contributed by atoms with van der Waals surface area (Å²) < 4.78 is 32.4. The lowest BCUT2D eigenvalue weighted by Crippen LogP contribution is -2.34. The van der Waals surface area contributed by atoms with E-state index in [4.69, 9.17) is 4.74 Å². The molecule has 1 aliphatic heterocycles. The highest BCUT2D eigenvalue weighted by molar-refractivity contribution is 7.92. The highest BCUT2D eigenvalue weighted by Gasteiger charge is 2.25. The van der Waals surface area contributed by atoms with Crippen LogP contribution in [0.15, 0.2) is 35.4 Å². The van der Waals surface area contributed by atoms with E-state index in [0.717, 1.165) is 38.8 Å². The number of amides is 2. The SMILES string of the molecule is COCCNC(=O)CS(=O)(=O)c1cn(CC(=O)N2CCCCCC2)c2ccccc12. The molecule has 1 saturated heterocycles. The minimum Gasteiger partial charge on any atom is -0.383 e. The minimum atomic E-state index is -3.87. The van der Waals surface area contributed by atoms with E-state index in [1.54, 1.807) is 22.8 Å². The van der Waals surface area contributed by atoms with E-state index in [0.29, 0.717) is 17.5 Å². The van der Waals surface area contributed by atoms with Crippen molar-refractivity contribution < 1.29 is 22.7 Å². The Morgan fingerprint density at radius 3 is 2.50 bits per heavy atom. The Morgan fingerprint density at radius 2 is 1.80 bits per heavy atom. The number of benzene rings is 1. The number of likely N-dealkylation sites (tertiary alicyclic amines) is 1. The van der Waals surface area contributed by atoms with E-state index in [2.05, 4.69) is 5.32 Å². The molecule has 1 aromatic heterocycles. The van der Waals surface area contributed by atoms with Gasteiger partial charge >= 0.3 is 0 Å². The van der Waals surface area contributed by atoms with Crippen molar-refractivity contribution in [2.45, 2.75) is 37.1 Å². The average Bonchev–Trinajstić information content (AvgIpc) is 2.89. The van der Waals surface area contributed by atoms with Crippen molar-refractivity contribution in [2.75, 3.05) is 39.1 Å². The van der Waals surface area contributed by atoms with Crippen LogP contribution in [0.25, 0.3) is 10.9 Å². The molecule has 2 heterocycles. The lowest BCUT2D eigenvalue weighted by Gasteiger charge is -2.20. The largest absolute Gasteiger partial charge is 0.383 e. The molecule has 0 spiro atoms. The predicted molar refractivity (Wildman–Crippen MR) is 114 cm³/mol. The third kappa shape index (κ3) is 5.40. The van der Waals surface area contributed by atoms with Crippen LogP contribution in [-0.4, -0.2) is 68.8 Å². The van der Waals surface area contributed by atoms with Gasteiger partial charge in [-0.25, -0.2) is 8.42 Å². The first-order valence-corrected chi connectivity index (χ1v) is 11.9. The van der Waals surface area contributed by atoms with Crippen LogP contribution >= 0.6 is 0 Å². The molecule has 0 atom stereocenters. The van der Waals surface area contributed by atoms with Crippen LogP contribution in [0.3, 0.4) is 0 Å². The van der Waals surface area contributed by atoms with Crippen molar-refractivity contribution in [1.82, 2.24) is 14.8 Å². The molecule has 1 aliphatic rings. The molecule has 164 valence electrons. The van der Waals surface area contributed by atoms with Crippen molar-refractivity contribution in [1.29, 1.82) is 0 Å². The number of sulfone groups is 1. The van der Waals surface area contributed by atoms with Crippen LogP contribution in [0.4, 0.5) is 0 Å². The van der Waals surface area contributed by atoms with Gasteiger partial charge in [0.25, 0.3) is 0 Å². The molecule has 1 N–H and O–H groups in total. The Kier molecular flexibility index (Phi) is 7.49. The maximum Gasteiger partial charge on any atom is 0.242 e. The maximum absolute atomic E-state index is 12.9. The summed E-state index contributed by atoms with van der Waals surface area (Å²) in [5.41, 5.74) is 0.666. The monoisotopic (exact) mass is 435 g/mol. The Morgan fingerprint density at radius 1 is 1.10 bits per heavy atom. The first-order chi connectivity index (χ1) is 14.4. The summed E-state index contributed by atoms with van der Waals surface area (Å²) in [7, 11) is -2.36. The summed E-state index contributed by atoms with van der Waals surface area (Å²) in [6.45, 7) is 2.12. The molecule has 2 amide bonds. The number of fused-ring (bicyclic) bond motifs is 1. The van der Waals surface area contributed by atoms with E-state index < -0.39 is 21.5 Å². The Hall–Kier alpha value is -2.39. The van der Waals surface area contributed by atoms with Crippen LogP contribution in [0, 0.1) is 0 Å².